The highest BCUT2D eigenvalue weighted by Gasteiger charge is 2.13. The summed E-state index contributed by atoms with van der Waals surface area (Å²) >= 11 is 8.16. The Kier molecular flexibility index (Phi) is 5.89. The van der Waals surface area contributed by atoms with Gasteiger partial charge in [0.05, 0.1) is 22.8 Å². The molecular weight excluding hydrogens is 422 g/mol. The van der Waals surface area contributed by atoms with E-state index in [1.807, 2.05) is 73.7 Å². The molecule has 0 fully saturated rings. The van der Waals surface area contributed by atoms with Crippen LogP contribution in [0.25, 0.3) is 11.4 Å². The zero-order valence-corrected chi connectivity index (χ0v) is 17.9. The van der Waals surface area contributed by atoms with Crippen molar-refractivity contribution < 1.29 is 4.79 Å². The molecule has 2 heterocycles. The van der Waals surface area contributed by atoms with E-state index in [2.05, 4.69) is 15.5 Å². The van der Waals surface area contributed by atoms with Crippen LogP contribution in [0.4, 0.5) is 5.82 Å². The van der Waals surface area contributed by atoms with Crippen molar-refractivity contribution in [3.8, 4) is 11.4 Å². The summed E-state index contributed by atoms with van der Waals surface area (Å²) in [4.78, 5) is 12.5. The predicted molar refractivity (Wildman–Crippen MR) is 120 cm³/mol. The average Bonchev–Trinajstić information content (AvgIpc) is 3.29. The van der Waals surface area contributed by atoms with Gasteiger partial charge in [-0.3, -0.25) is 4.79 Å². The Morgan fingerprint density at radius 1 is 1.03 bits per heavy atom. The number of nitrogens with zero attached hydrogens (tertiary/aromatic N) is 4. The van der Waals surface area contributed by atoms with Gasteiger partial charge in [-0.15, -0.1) is 5.10 Å². The molecular formula is C20H17N5OS3. The van der Waals surface area contributed by atoms with Gasteiger partial charge >= 0.3 is 0 Å². The van der Waals surface area contributed by atoms with Gasteiger partial charge in [0.25, 0.3) is 0 Å². The highest BCUT2D eigenvalue weighted by molar-refractivity contribution is 8.01. The maximum absolute atomic E-state index is 12.5. The summed E-state index contributed by atoms with van der Waals surface area (Å²) in [6, 6.07) is 21.3. The highest BCUT2D eigenvalue weighted by Crippen LogP contribution is 2.24. The summed E-state index contributed by atoms with van der Waals surface area (Å²) < 4.78 is 4.85. The van der Waals surface area contributed by atoms with Gasteiger partial charge in [0.2, 0.25) is 5.91 Å². The third kappa shape index (κ3) is 4.64. The number of aromatic nitrogens is 4. The van der Waals surface area contributed by atoms with Crippen LogP contribution in [0.1, 0.15) is 5.69 Å². The minimum Gasteiger partial charge on any atom is -0.310 e. The third-order valence-corrected chi connectivity index (χ3v) is 6.32. The Morgan fingerprint density at radius 3 is 2.31 bits per heavy atom. The Labute approximate surface area is 181 Å². The van der Waals surface area contributed by atoms with E-state index in [-0.39, 0.29) is 11.7 Å². The van der Waals surface area contributed by atoms with Crippen LogP contribution in [0, 0.1) is 10.9 Å². The van der Waals surface area contributed by atoms with Gasteiger partial charge in [-0.2, -0.15) is 5.10 Å². The van der Waals surface area contributed by atoms with E-state index in [1.165, 1.54) is 23.1 Å². The van der Waals surface area contributed by atoms with Gasteiger partial charge in [0, 0.05) is 6.07 Å². The number of hydrogen-bond acceptors (Lipinski definition) is 6. The first kappa shape index (κ1) is 19.6. The quantitative estimate of drug-likeness (QED) is 0.342. The first-order chi connectivity index (χ1) is 14.1. The number of amides is 1. The van der Waals surface area contributed by atoms with E-state index >= 15 is 0 Å². The second kappa shape index (κ2) is 8.73. The minimum absolute atomic E-state index is 0.125. The second-order valence-electron chi connectivity index (χ2n) is 6.14. The molecule has 2 aromatic carbocycles. The zero-order valence-electron chi connectivity index (χ0n) is 15.5. The molecule has 0 aliphatic carbocycles. The number of para-hydroxylation sites is 2. The smallest absolute Gasteiger partial charge is 0.235 e. The van der Waals surface area contributed by atoms with Crippen LogP contribution in [0.15, 0.2) is 71.1 Å². The van der Waals surface area contributed by atoms with Crippen molar-refractivity contribution in [1.29, 1.82) is 0 Å². The Balaban J connectivity index is 1.44. The van der Waals surface area contributed by atoms with Crippen LogP contribution < -0.4 is 5.32 Å². The molecule has 9 heteroatoms. The molecule has 146 valence electrons. The lowest BCUT2D eigenvalue weighted by Gasteiger charge is -2.08. The fourth-order valence-corrected chi connectivity index (χ4v) is 4.87. The monoisotopic (exact) mass is 439 g/mol. The largest absolute Gasteiger partial charge is 0.310 e. The number of carbonyl (C=O) groups excluding carboxylic acids is 1. The van der Waals surface area contributed by atoms with Crippen molar-refractivity contribution in [2.24, 2.45) is 0 Å². The number of thioether (sulfide) groups is 1. The van der Waals surface area contributed by atoms with E-state index in [1.54, 1.807) is 9.36 Å². The van der Waals surface area contributed by atoms with Crippen molar-refractivity contribution in [2.45, 2.75) is 11.3 Å². The van der Waals surface area contributed by atoms with E-state index in [0.29, 0.717) is 9.77 Å². The molecule has 0 atom stereocenters. The topological polar surface area (TPSA) is 64.7 Å². The normalized spacial score (nSPS) is 10.8. The summed E-state index contributed by atoms with van der Waals surface area (Å²) in [6.07, 6.45) is 0. The van der Waals surface area contributed by atoms with Crippen LogP contribution in [0.5, 0.6) is 0 Å². The fourth-order valence-electron chi connectivity index (χ4n) is 2.71. The molecule has 1 N–H and O–H groups in total. The molecule has 0 aliphatic rings. The Hall–Kier alpha value is -2.75. The van der Waals surface area contributed by atoms with Crippen molar-refractivity contribution in [3.05, 3.63) is 76.4 Å². The van der Waals surface area contributed by atoms with Gasteiger partial charge in [-0.1, -0.05) is 59.5 Å². The van der Waals surface area contributed by atoms with E-state index in [4.69, 9.17) is 12.2 Å². The first-order valence-corrected chi connectivity index (χ1v) is 11.0. The standard InChI is InChI=1S/C20H17N5OS3/c1-14-12-17(24(22-14)15-8-4-2-5-9-15)21-18(26)13-28-19-23-25(20(27)29-19)16-10-6-3-7-11-16/h2-12H,13H2,1H3,(H,21,26). The van der Waals surface area contributed by atoms with Crippen molar-refractivity contribution in [1.82, 2.24) is 19.6 Å². The number of benzene rings is 2. The summed E-state index contributed by atoms with van der Waals surface area (Å²) in [5, 5.41) is 11.9. The SMILES string of the molecule is Cc1cc(NC(=O)CSc2nn(-c3ccccc3)c(=S)s2)n(-c2ccccc2)n1. The molecule has 0 spiro atoms. The van der Waals surface area contributed by atoms with Crippen molar-refractivity contribution >= 4 is 47.0 Å². The molecule has 0 aliphatic heterocycles. The molecule has 6 nitrogen and oxygen atoms in total. The maximum atomic E-state index is 12.5. The fraction of sp³-hybridized carbons (Fsp3) is 0.100. The highest BCUT2D eigenvalue weighted by atomic mass is 32.2. The first-order valence-electron chi connectivity index (χ1n) is 8.80. The maximum Gasteiger partial charge on any atom is 0.235 e. The number of aryl methyl sites for hydroxylation is 1. The molecule has 0 saturated heterocycles. The van der Waals surface area contributed by atoms with Crippen LogP contribution in [-0.4, -0.2) is 31.2 Å². The van der Waals surface area contributed by atoms with Gasteiger partial charge < -0.3 is 5.32 Å². The van der Waals surface area contributed by atoms with Crippen molar-refractivity contribution in [2.75, 3.05) is 11.1 Å². The molecule has 29 heavy (non-hydrogen) atoms. The van der Waals surface area contributed by atoms with Crippen LogP contribution in [0.3, 0.4) is 0 Å². The lowest BCUT2D eigenvalue weighted by atomic mass is 10.3. The molecule has 2 aromatic heterocycles. The number of nitrogens with one attached hydrogen (secondary N) is 1. The van der Waals surface area contributed by atoms with Gasteiger partial charge in [-0.25, -0.2) is 9.36 Å². The molecule has 0 radical (unpaired) electrons. The average molecular weight is 440 g/mol. The van der Waals surface area contributed by atoms with Crippen LogP contribution in [0.2, 0.25) is 0 Å². The Bertz CT molecular complexity index is 1180. The molecule has 4 rings (SSSR count). The number of rotatable bonds is 6. The minimum atomic E-state index is -0.125. The summed E-state index contributed by atoms with van der Waals surface area (Å²) in [6.45, 7) is 1.90. The van der Waals surface area contributed by atoms with Gasteiger partial charge in [-0.05, 0) is 43.4 Å². The predicted octanol–water partition coefficient (Wildman–Crippen LogP) is 4.89. The third-order valence-electron chi connectivity index (χ3n) is 3.96. The van der Waals surface area contributed by atoms with E-state index < -0.39 is 0 Å². The van der Waals surface area contributed by atoms with E-state index in [9.17, 15) is 4.79 Å². The summed E-state index contributed by atoms with van der Waals surface area (Å²) in [5.41, 5.74) is 2.63. The molecule has 0 saturated carbocycles. The lowest BCUT2D eigenvalue weighted by Crippen LogP contribution is -2.16. The Morgan fingerprint density at radius 2 is 1.66 bits per heavy atom. The zero-order chi connectivity index (χ0) is 20.2. The summed E-state index contributed by atoms with van der Waals surface area (Å²) in [7, 11) is 0. The molecule has 0 unspecified atom stereocenters. The molecule has 1 amide bonds. The summed E-state index contributed by atoms with van der Waals surface area (Å²) in [5.74, 6) is 0.747. The molecule has 0 bridgehead atoms. The number of anilines is 1. The second-order valence-corrected chi connectivity index (χ2v) is 8.98. The van der Waals surface area contributed by atoms with Crippen molar-refractivity contribution in [3.63, 3.8) is 0 Å². The van der Waals surface area contributed by atoms with Crippen LogP contribution >= 0.6 is 35.3 Å². The number of hydrogen-bond donors (Lipinski definition) is 1. The van der Waals surface area contributed by atoms with Gasteiger partial charge in [0.1, 0.15) is 5.82 Å². The van der Waals surface area contributed by atoms with Crippen LogP contribution in [-0.2, 0) is 4.79 Å². The lowest BCUT2D eigenvalue weighted by molar-refractivity contribution is -0.113. The van der Waals surface area contributed by atoms with Gasteiger partial charge in [0.15, 0.2) is 8.29 Å². The number of carbonyl (C=O) groups is 1. The van der Waals surface area contributed by atoms with E-state index in [0.717, 1.165) is 21.4 Å². The molecule has 4 aromatic rings.